The van der Waals surface area contributed by atoms with Gasteiger partial charge in [-0.3, -0.25) is 9.48 Å². The smallest absolute Gasteiger partial charge is 0.281 e. The fraction of sp³-hybridized carbons (Fsp3) is 0.300. The van der Waals surface area contributed by atoms with E-state index in [9.17, 15) is 9.90 Å². The van der Waals surface area contributed by atoms with Crippen LogP contribution in [0.3, 0.4) is 0 Å². The van der Waals surface area contributed by atoms with Gasteiger partial charge in [-0.1, -0.05) is 18.2 Å². The number of amides is 1. The molecule has 2 aliphatic heterocycles. The predicted molar refractivity (Wildman–Crippen MR) is 104 cm³/mol. The largest absolute Gasteiger partial charge is 0.457 e. The molecule has 2 aliphatic rings. The summed E-state index contributed by atoms with van der Waals surface area (Å²) in [7, 11) is 0. The Kier molecular flexibility index (Phi) is 3.89. The quantitative estimate of drug-likeness (QED) is 0.648. The van der Waals surface area contributed by atoms with Gasteiger partial charge in [-0.15, -0.1) is 0 Å². The number of carbonyl (C=O) groups is 1. The highest BCUT2D eigenvalue weighted by Crippen LogP contribution is 2.39. The van der Waals surface area contributed by atoms with E-state index < -0.39 is 5.60 Å². The molecule has 1 amide bonds. The van der Waals surface area contributed by atoms with Crippen LogP contribution in [-0.2, 0) is 11.3 Å². The Morgan fingerprint density at radius 1 is 1.38 bits per heavy atom. The standard InChI is InChI=1S/C20H18N6O3/c21-12-25-6-5-20(19(25)28)11-23-15-9-13(10-22-18(15)29-20)17-14-3-1-2-4-16(14)26(24-17)7-8-27/h1-4,9-10,23,27H,5-8,11H2. The lowest BCUT2D eigenvalue weighted by atomic mass is 10.00. The summed E-state index contributed by atoms with van der Waals surface area (Å²) < 4.78 is 7.75. The third kappa shape index (κ3) is 2.61. The molecule has 1 saturated heterocycles. The van der Waals surface area contributed by atoms with Crippen molar-refractivity contribution in [3.63, 3.8) is 0 Å². The number of carbonyl (C=O) groups excluding carboxylic acids is 1. The Morgan fingerprint density at radius 3 is 3.03 bits per heavy atom. The van der Waals surface area contributed by atoms with Crippen LogP contribution in [0.1, 0.15) is 6.42 Å². The van der Waals surface area contributed by atoms with Crippen LogP contribution in [0.2, 0.25) is 0 Å². The number of ether oxygens (including phenoxy) is 1. The van der Waals surface area contributed by atoms with E-state index in [2.05, 4.69) is 15.4 Å². The van der Waals surface area contributed by atoms with Crippen molar-refractivity contribution >= 4 is 22.5 Å². The minimum absolute atomic E-state index is 0.00122. The zero-order chi connectivity index (χ0) is 20.0. The molecule has 9 nitrogen and oxygen atoms in total. The molecule has 1 unspecified atom stereocenters. The summed E-state index contributed by atoms with van der Waals surface area (Å²) in [5, 5.41) is 27.3. The number of aliphatic hydroxyl groups excluding tert-OH is 1. The Hall–Kier alpha value is -3.64. The van der Waals surface area contributed by atoms with Crippen LogP contribution in [0, 0.1) is 11.5 Å². The molecule has 2 N–H and O–H groups in total. The number of hydrogen-bond acceptors (Lipinski definition) is 7. The van der Waals surface area contributed by atoms with Crippen molar-refractivity contribution in [2.24, 2.45) is 0 Å². The molecule has 29 heavy (non-hydrogen) atoms. The van der Waals surface area contributed by atoms with Gasteiger partial charge < -0.3 is 15.2 Å². The average molecular weight is 390 g/mol. The number of benzene rings is 1. The van der Waals surface area contributed by atoms with Gasteiger partial charge in [0.05, 0.1) is 30.9 Å². The molecule has 1 aromatic carbocycles. The number of hydrogen-bond donors (Lipinski definition) is 2. The van der Waals surface area contributed by atoms with E-state index >= 15 is 0 Å². The molecule has 5 rings (SSSR count). The van der Waals surface area contributed by atoms with Gasteiger partial charge in [0.2, 0.25) is 11.5 Å². The number of aromatic nitrogens is 3. The Bertz CT molecular complexity index is 1170. The molecule has 9 heteroatoms. The van der Waals surface area contributed by atoms with Crippen molar-refractivity contribution in [3.8, 4) is 23.3 Å². The van der Waals surface area contributed by atoms with Gasteiger partial charge in [-0.25, -0.2) is 9.88 Å². The van der Waals surface area contributed by atoms with Gasteiger partial charge in [-0.2, -0.15) is 10.4 Å². The number of nitriles is 1. The number of para-hydroxylation sites is 1. The first-order valence-corrected chi connectivity index (χ1v) is 9.36. The van der Waals surface area contributed by atoms with E-state index in [-0.39, 0.29) is 19.1 Å². The molecule has 3 aromatic rings. The van der Waals surface area contributed by atoms with Gasteiger partial charge in [0, 0.05) is 30.1 Å². The van der Waals surface area contributed by atoms with Crippen molar-refractivity contribution in [1.29, 1.82) is 5.26 Å². The Morgan fingerprint density at radius 2 is 2.24 bits per heavy atom. The molecular weight excluding hydrogens is 372 g/mol. The van der Waals surface area contributed by atoms with Crippen molar-refractivity contribution in [2.45, 2.75) is 18.6 Å². The summed E-state index contributed by atoms with van der Waals surface area (Å²) in [4.78, 5) is 18.1. The molecule has 2 aromatic heterocycles. The van der Waals surface area contributed by atoms with Gasteiger partial charge in [0.25, 0.3) is 5.91 Å². The predicted octanol–water partition coefficient (Wildman–Crippen LogP) is 1.35. The number of anilines is 1. The molecule has 0 bridgehead atoms. The monoisotopic (exact) mass is 390 g/mol. The van der Waals surface area contributed by atoms with Gasteiger partial charge in [0.1, 0.15) is 5.69 Å². The van der Waals surface area contributed by atoms with Gasteiger partial charge in [0.15, 0.2) is 6.19 Å². The number of nitrogens with zero attached hydrogens (tertiary/aromatic N) is 5. The zero-order valence-corrected chi connectivity index (χ0v) is 15.5. The number of fused-ring (bicyclic) bond motifs is 2. The van der Waals surface area contributed by atoms with Gasteiger partial charge >= 0.3 is 0 Å². The second kappa shape index (κ2) is 6.46. The highest BCUT2D eigenvalue weighted by molar-refractivity contribution is 5.94. The van der Waals surface area contributed by atoms with Crippen molar-refractivity contribution < 1.29 is 14.6 Å². The van der Waals surface area contributed by atoms with E-state index in [1.54, 1.807) is 10.9 Å². The summed E-state index contributed by atoms with van der Waals surface area (Å²) in [5.41, 5.74) is 2.11. The maximum Gasteiger partial charge on any atom is 0.281 e. The normalized spacial score (nSPS) is 20.4. The molecule has 0 saturated carbocycles. The van der Waals surface area contributed by atoms with Crippen molar-refractivity contribution in [1.82, 2.24) is 19.7 Å². The lowest BCUT2D eigenvalue weighted by molar-refractivity contribution is -0.138. The van der Waals surface area contributed by atoms with E-state index in [0.29, 0.717) is 31.1 Å². The Balaban J connectivity index is 1.52. The minimum atomic E-state index is -1.08. The lowest BCUT2D eigenvalue weighted by Gasteiger charge is -2.33. The summed E-state index contributed by atoms with van der Waals surface area (Å²) in [5.74, 6) is 0.00463. The van der Waals surface area contributed by atoms with E-state index in [1.165, 1.54) is 0 Å². The molecule has 1 spiro atoms. The molecule has 1 atom stereocenters. The molecule has 0 aliphatic carbocycles. The van der Waals surface area contributed by atoms with Crippen LogP contribution in [0.15, 0.2) is 36.5 Å². The average Bonchev–Trinajstić information content (AvgIpc) is 3.26. The van der Waals surface area contributed by atoms with Crippen LogP contribution >= 0.6 is 0 Å². The fourth-order valence-electron chi connectivity index (χ4n) is 3.96. The molecule has 4 heterocycles. The van der Waals surface area contributed by atoms with Crippen molar-refractivity contribution in [2.75, 3.05) is 25.0 Å². The molecule has 1 fully saturated rings. The van der Waals surface area contributed by atoms with Crippen LogP contribution < -0.4 is 10.1 Å². The van der Waals surface area contributed by atoms with E-state index in [0.717, 1.165) is 27.1 Å². The summed E-state index contributed by atoms with van der Waals surface area (Å²) in [6.07, 6.45) is 4.00. The maximum atomic E-state index is 12.5. The number of nitrogens with one attached hydrogen (secondary N) is 1. The van der Waals surface area contributed by atoms with E-state index in [4.69, 9.17) is 10.00 Å². The first-order chi connectivity index (χ1) is 14.1. The Labute approximate surface area is 166 Å². The van der Waals surface area contributed by atoms with Crippen molar-refractivity contribution in [3.05, 3.63) is 36.5 Å². The molecule has 146 valence electrons. The number of aliphatic hydroxyl groups is 1. The number of pyridine rings is 1. The van der Waals surface area contributed by atoms with Crippen LogP contribution in [0.25, 0.3) is 22.2 Å². The SMILES string of the molecule is N#CN1CCC2(CNc3cc(-c4nn(CCO)c5ccccc45)cnc3O2)C1=O. The third-order valence-electron chi connectivity index (χ3n) is 5.45. The maximum absolute atomic E-state index is 12.5. The first kappa shape index (κ1) is 17.5. The topological polar surface area (TPSA) is 116 Å². The summed E-state index contributed by atoms with van der Waals surface area (Å²) in [6, 6.07) is 9.72. The molecule has 0 radical (unpaired) electrons. The minimum Gasteiger partial charge on any atom is -0.457 e. The van der Waals surface area contributed by atoms with Crippen LogP contribution in [-0.4, -0.2) is 56.0 Å². The zero-order valence-electron chi connectivity index (χ0n) is 15.5. The van der Waals surface area contributed by atoms with Gasteiger partial charge in [-0.05, 0) is 12.1 Å². The molecular formula is C20H18N6O3. The number of likely N-dealkylation sites (tertiary alicyclic amines) is 1. The summed E-state index contributed by atoms with van der Waals surface area (Å²) in [6.45, 7) is 1.03. The second-order valence-electron chi connectivity index (χ2n) is 7.15. The van der Waals surface area contributed by atoms with Crippen LogP contribution in [0.4, 0.5) is 5.69 Å². The third-order valence-corrected chi connectivity index (χ3v) is 5.45. The second-order valence-corrected chi connectivity index (χ2v) is 7.15. The fourth-order valence-corrected chi connectivity index (χ4v) is 3.96. The first-order valence-electron chi connectivity index (χ1n) is 9.36. The van der Waals surface area contributed by atoms with E-state index in [1.807, 2.05) is 36.5 Å². The highest BCUT2D eigenvalue weighted by Gasteiger charge is 2.51. The highest BCUT2D eigenvalue weighted by atomic mass is 16.5. The van der Waals surface area contributed by atoms with Crippen LogP contribution in [0.5, 0.6) is 5.88 Å². The lowest BCUT2D eigenvalue weighted by Crippen LogP contribution is -2.51. The summed E-state index contributed by atoms with van der Waals surface area (Å²) >= 11 is 0. The number of rotatable bonds is 3.